The van der Waals surface area contributed by atoms with Crippen LogP contribution in [0, 0.1) is 11.6 Å². The zero-order valence-electron chi connectivity index (χ0n) is 8.94. The Bertz CT molecular complexity index is 360. The van der Waals surface area contributed by atoms with Crippen molar-refractivity contribution in [2.75, 3.05) is 19.0 Å². The predicted octanol–water partition coefficient (Wildman–Crippen LogP) is 3.79. The number of nitrogens with zero attached hydrogens (tertiary/aromatic N) is 1. The van der Waals surface area contributed by atoms with Crippen LogP contribution >= 0.6 is 27.5 Å². The summed E-state index contributed by atoms with van der Waals surface area (Å²) in [6, 6.07) is 2.63. The first kappa shape index (κ1) is 13.9. The lowest BCUT2D eigenvalue weighted by molar-refractivity contribution is 0.287. The highest BCUT2D eigenvalue weighted by Crippen LogP contribution is 2.22. The van der Waals surface area contributed by atoms with Crippen molar-refractivity contribution in [3.8, 4) is 0 Å². The van der Waals surface area contributed by atoms with Crippen molar-refractivity contribution >= 4 is 27.5 Å². The van der Waals surface area contributed by atoms with Gasteiger partial charge in [-0.2, -0.15) is 0 Å². The fourth-order valence-corrected chi connectivity index (χ4v) is 2.02. The van der Waals surface area contributed by atoms with Gasteiger partial charge < -0.3 is 0 Å². The summed E-state index contributed by atoms with van der Waals surface area (Å²) < 4.78 is 27.4. The molecule has 0 atom stereocenters. The molecule has 0 bridgehead atoms. The highest BCUT2D eigenvalue weighted by Gasteiger charge is 2.14. The second-order valence-electron chi connectivity index (χ2n) is 3.38. The molecule has 0 N–H and O–H groups in total. The molecule has 0 saturated carbocycles. The number of hydrogen-bond donors (Lipinski definition) is 0. The van der Waals surface area contributed by atoms with Crippen molar-refractivity contribution in [2.45, 2.75) is 13.5 Å². The Hall–Kier alpha value is -0.190. The van der Waals surface area contributed by atoms with Gasteiger partial charge in [0.25, 0.3) is 0 Å². The van der Waals surface area contributed by atoms with E-state index < -0.39 is 11.6 Å². The highest BCUT2D eigenvalue weighted by atomic mass is 79.9. The van der Waals surface area contributed by atoms with Gasteiger partial charge in [0.2, 0.25) is 0 Å². The monoisotopic (exact) mass is 311 g/mol. The molecule has 0 radical (unpaired) electrons. The fourth-order valence-electron chi connectivity index (χ4n) is 1.41. The molecule has 1 rings (SSSR count). The van der Waals surface area contributed by atoms with Crippen molar-refractivity contribution in [3.63, 3.8) is 0 Å². The van der Waals surface area contributed by atoms with E-state index in [1.165, 1.54) is 12.1 Å². The molecule has 0 spiro atoms. The maximum absolute atomic E-state index is 13.7. The van der Waals surface area contributed by atoms with E-state index in [1.807, 2.05) is 11.8 Å². The lowest BCUT2D eigenvalue weighted by Crippen LogP contribution is -2.26. The molecule has 0 aromatic heterocycles. The summed E-state index contributed by atoms with van der Waals surface area (Å²) >= 11 is 8.66. The van der Waals surface area contributed by atoms with Crippen LogP contribution in [-0.2, 0) is 6.54 Å². The Kier molecular flexibility index (Phi) is 5.66. The smallest absolute Gasteiger partial charge is 0.144 e. The Morgan fingerprint density at radius 3 is 2.62 bits per heavy atom. The van der Waals surface area contributed by atoms with Crippen LogP contribution in [0.2, 0.25) is 0 Å². The minimum absolute atomic E-state index is 0.0846. The Morgan fingerprint density at radius 2 is 2.06 bits per heavy atom. The number of alkyl halides is 1. The van der Waals surface area contributed by atoms with Crippen molar-refractivity contribution in [1.82, 2.24) is 4.90 Å². The molecule has 0 aliphatic rings. The third kappa shape index (κ3) is 3.40. The summed E-state index contributed by atoms with van der Waals surface area (Å²) in [4.78, 5) is 1.89. The summed E-state index contributed by atoms with van der Waals surface area (Å²) in [5.74, 6) is -0.604. The topological polar surface area (TPSA) is 3.24 Å². The standard InChI is InChI=1S/C11H13BrClF2N/c1-2-16(6-5-13)7-8-10(14)4-3-9(12)11(8)15/h3-4H,2,5-7H2,1H3. The van der Waals surface area contributed by atoms with E-state index >= 15 is 0 Å². The molecule has 1 aromatic rings. The molecule has 1 aromatic carbocycles. The van der Waals surface area contributed by atoms with Gasteiger partial charge >= 0.3 is 0 Å². The second kappa shape index (κ2) is 6.52. The number of hydrogen-bond acceptors (Lipinski definition) is 1. The van der Waals surface area contributed by atoms with E-state index in [0.29, 0.717) is 19.0 Å². The average Bonchev–Trinajstić information content (AvgIpc) is 2.28. The van der Waals surface area contributed by atoms with Crippen LogP contribution in [0.4, 0.5) is 8.78 Å². The molecule has 5 heteroatoms. The summed E-state index contributed by atoms with van der Waals surface area (Å²) in [6.45, 7) is 3.49. The first-order valence-corrected chi connectivity index (χ1v) is 6.33. The van der Waals surface area contributed by atoms with Gasteiger partial charge in [0.15, 0.2) is 0 Å². The molecule has 0 amide bonds. The lowest BCUT2D eigenvalue weighted by Gasteiger charge is -2.19. The molecule has 0 aliphatic carbocycles. The molecule has 0 saturated heterocycles. The van der Waals surface area contributed by atoms with Gasteiger partial charge in [0.1, 0.15) is 11.6 Å². The summed E-state index contributed by atoms with van der Waals surface area (Å²) in [5, 5.41) is 0. The van der Waals surface area contributed by atoms with E-state index in [4.69, 9.17) is 11.6 Å². The van der Waals surface area contributed by atoms with Crippen LogP contribution in [0.1, 0.15) is 12.5 Å². The molecule has 0 fully saturated rings. The van der Waals surface area contributed by atoms with Gasteiger partial charge in [-0.05, 0) is 34.6 Å². The molecular weight excluding hydrogens is 299 g/mol. The van der Waals surface area contributed by atoms with Crippen LogP contribution in [-0.4, -0.2) is 23.9 Å². The van der Waals surface area contributed by atoms with Crippen LogP contribution < -0.4 is 0 Å². The molecule has 90 valence electrons. The maximum Gasteiger partial charge on any atom is 0.144 e. The largest absolute Gasteiger partial charge is 0.298 e. The summed E-state index contributed by atoms with van der Waals surface area (Å²) in [6.07, 6.45) is 0. The SMILES string of the molecule is CCN(CCCl)Cc1c(F)ccc(Br)c1F. The van der Waals surface area contributed by atoms with Crippen molar-refractivity contribution in [3.05, 3.63) is 33.8 Å². The Labute approximate surface area is 108 Å². The fraction of sp³-hybridized carbons (Fsp3) is 0.455. The average molecular weight is 313 g/mol. The van der Waals surface area contributed by atoms with E-state index in [9.17, 15) is 8.78 Å². The molecule has 0 aliphatic heterocycles. The predicted molar refractivity (Wildman–Crippen MR) is 65.7 cm³/mol. The van der Waals surface area contributed by atoms with Crippen molar-refractivity contribution in [1.29, 1.82) is 0 Å². The van der Waals surface area contributed by atoms with Crippen LogP contribution in [0.25, 0.3) is 0 Å². The normalized spacial score (nSPS) is 11.1. The highest BCUT2D eigenvalue weighted by molar-refractivity contribution is 9.10. The lowest BCUT2D eigenvalue weighted by atomic mass is 10.2. The molecule has 0 heterocycles. The molecule has 1 nitrogen and oxygen atoms in total. The minimum Gasteiger partial charge on any atom is -0.298 e. The number of rotatable bonds is 5. The van der Waals surface area contributed by atoms with Gasteiger partial charge in [-0.1, -0.05) is 6.92 Å². The van der Waals surface area contributed by atoms with Gasteiger partial charge in [-0.15, -0.1) is 11.6 Å². The first-order chi connectivity index (χ1) is 7.60. The van der Waals surface area contributed by atoms with Crippen LogP contribution in [0.5, 0.6) is 0 Å². The number of benzene rings is 1. The molecular formula is C11H13BrClF2N. The summed E-state index contributed by atoms with van der Waals surface area (Å²) in [5.41, 5.74) is 0.0846. The zero-order chi connectivity index (χ0) is 12.1. The van der Waals surface area contributed by atoms with Crippen LogP contribution in [0.3, 0.4) is 0 Å². The van der Waals surface area contributed by atoms with E-state index in [0.717, 1.165) is 0 Å². The van der Waals surface area contributed by atoms with E-state index in [2.05, 4.69) is 15.9 Å². The minimum atomic E-state index is -0.534. The van der Waals surface area contributed by atoms with Crippen LogP contribution in [0.15, 0.2) is 16.6 Å². The third-order valence-electron chi connectivity index (χ3n) is 2.37. The molecule has 16 heavy (non-hydrogen) atoms. The Morgan fingerprint density at radius 1 is 1.38 bits per heavy atom. The molecule has 0 unspecified atom stereocenters. The van der Waals surface area contributed by atoms with E-state index in [-0.39, 0.29) is 16.6 Å². The van der Waals surface area contributed by atoms with Gasteiger partial charge in [-0.3, -0.25) is 4.90 Å². The number of halogens is 4. The summed E-state index contributed by atoms with van der Waals surface area (Å²) in [7, 11) is 0. The van der Waals surface area contributed by atoms with Crippen molar-refractivity contribution in [2.24, 2.45) is 0 Å². The Balaban J connectivity index is 2.90. The van der Waals surface area contributed by atoms with Gasteiger partial charge in [-0.25, -0.2) is 8.78 Å². The maximum atomic E-state index is 13.7. The van der Waals surface area contributed by atoms with Crippen molar-refractivity contribution < 1.29 is 8.78 Å². The van der Waals surface area contributed by atoms with E-state index in [1.54, 1.807) is 0 Å². The quantitative estimate of drug-likeness (QED) is 0.591. The zero-order valence-corrected chi connectivity index (χ0v) is 11.3. The van der Waals surface area contributed by atoms with Gasteiger partial charge in [0.05, 0.1) is 4.47 Å². The second-order valence-corrected chi connectivity index (χ2v) is 4.61. The third-order valence-corrected chi connectivity index (χ3v) is 3.15. The first-order valence-electron chi connectivity index (χ1n) is 5.00. The van der Waals surface area contributed by atoms with Gasteiger partial charge in [0, 0.05) is 24.5 Å².